The van der Waals surface area contributed by atoms with E-state index in [0.29, 0.717) is 38.0 Å². The Balaban J connectivity index is 0.0000120. The second-order valence-electron chi connectivity index (χ2n) is 11.8. The number of aryl methyl sites for hydroxylation is 1. The molecule has 0 aliphatic heterocycles. The minimum absolute atomic E-state index is 0. The highest BCUT2D eigenvalue weighted by atomic mass is 35.5. The number of carbonyl (C=O) groups excluding carboxylic acids is 5. The number of nitrogens with two attached hydrogens (primary N) is 1. The molecule has 3 atom stereocenters. The van der Waals surface area contributed by atoms with E-state index in [2.05, 4.69) is 26.0 Å². The number of esters is 1. The molecule has 2 aromatic rings. The smallest absolute Gasteiger partial charge is 0.305 e. The van der Waals surface area contributed by atoms with Crippen molar-refractivity contribution in [3.63, 3.8) is 0 Å². The molecule has 50 heavy (non-hydrogen) atoms. The molecule has 2 rings (SSSR count). The van der Waals surface area contributed by atoms with Crippen molar-refractivity contribution in [2.24, 2.45) is 5.73 Å². The fourth-order valence-electron chi connectivity index (χ4n) is 5.13. The van der Waals surface area contributed by atoms with Gasteiger partial charge in [0.05, 0.1) is 19.7 Å². The molecule has 0 aromatic heterocycles. The van der Waals surface area contributed by atoms with Gasteiger partial charge in [-0.1, -0.05) is 36.8 Å². The minimum atomic E-state index is -0.940. The molecule has 0 heterocycles. The summed E-state index contributed by atoms with van der Waals surface area (Å²) in [5, 5.41) is 21.0. The Kier molecular flexibility index (Phi) is 22.5. The average molecular weight is 740 g/mol. The van der Waals surface area contributed by atoms with Crippen molar-refractivity contribution in [2.75, 3.05) is 32.2 Å². The quantitative estimate of drug-likeness (QED) is 0.0859. The number of nitrogens with one attached hydrogen (secondary N) is 4. The molecule has 9 N–H and O–H groups in total. The lowest BCUT2D eigenvalue weighted by Crippen LogP contribution is -2.54. The number of methoxy groups -OCH3 is 1. The number of unbranched alkanes of at least 4 members (excludes halogenated alkanes) is 2. The first-order chi connectivity index (χ1) is 22.9. The number of benzene rings is 2. The van der Waals surface area contributed by atoms with E-state index in [0.717, 1.165) is 34.2 Å². The van der Waals surface area contributed by atoms with Crippen molar-refractivity contribution in [1.29, 1.82) is 0 Å². The molecule has 0 radical (unpaired) electrons. The first-order valence-corrected chi connectivity index (χ1v) is 17.6. The Hall–Kier alpha value is -3.85. The number of phenolic OH excluding ortho intramolecular Hbond substituents is 1. The first kappa shape index (κ1) is 46.1. The summed E-state index contributed by atoms with van der Waals surface area (Å²) in [6.07, 6.45) is 5.03. The van der Waals surface area contributed by atoms with Gasteiger partial charge in [-0.05, 0) is 92.3 Å². The van der Waals surface area contributed by atoms with Crippen LogP contribution in [0.3, 0.4) is 0 Å². The van der Waals surface area contributed by atoms with Crippen molar-refractivity contribution >= 4 is 53.8 Å². The van der Waals surface area contributed by atoms with Crippen LogP contribution in [-0.4, -0.2) is 90.5 Å². The Labute approximate surface area is 305 Å². The number of halogens is 1. The summed E-state index contributed by atoms with van der Waals surface area (Å²) in [7, 11) is 1.34. The molecular formula is C35H54ClN5O8S. The molecule has 0 aliphatic rings. The Morgan fingerprint density at radius 3 is 2.18 bits per heavy atom. The van der Waals surface area contributed by atoms with Gasteiger partial charge in [-0.3, -0.25) is 24.0 Å². The van der Waals surface area contributed by atoms with Gasteiger partial charge in [-0.25, -0.2) is 0 Å². The molecule has 0 spiro atoms. The van der Waals surface area contributed by atoms with Gasteiger partial charge in [0.25, 0.3) is 0 Å². The van der Waals surface area contributed by atoms with E-state index < -0.39 is 42.4 Å². The van der Waals surface area contributed by atoms with Crippen LogP contribution in [0.2, 0.25) is 0 Å². The van der Waals surface area contributed by atoms with Gasteiger partial charge in [0.1, 0.15) is 17.8 Å². The molecule has 0 aliphatic carbocycles. The zero-order valence-electron chi connectivity index (χ0n) is 29.6. The summed E-state index contributed by atoms with van der Waals surface area (Å²) in [4.78, 5) is 63.6. The summed E-state index contributed by atoms with van der Waals surface area (Å²) in [5.41, 5.74) is 10.4. The molecule has 0 bridgehead atoms. The highest BCUT2D eigenvalue weighted by molar-refractivity contribution is 7.98. The number of hydrogen-bond acceptors (Lipinski definition) is 9. The van der Waals surface area contributed by atoms with Crippen molar-refractivity contribution in [3.05, 3.63) is 64.2 Å². The summed E-state index contributed by atoms with van der Waals surface area (Å²) in [6, 6.07) is 8.16. The number of thioether (sulfide) groups is 1. The van der Waals surface area contributed by atoms with Crippen LogP contribution in [0.4, 0.5) is 0 Å². The van der Waals surface area contributed by atoms with Crippen molar-refractivity contribution in [1.82, 2.24) is 21.3 Å². The fourth-order valence-corrected chi connectivity index (χ4v) is 5.60. The fraction of sp³-hybridized carbons (Fsp3) is 0.514. The molecule has 4 amide bonds. The first-order valence-electron chi connectivity index (χ1n) is 16.2. The minimum Gasteiger partial charge on any atom is -0.508 e. The maximum absolute atomic E-state index is 13.2. The monoisotopic (exact) mass is 739 g/mol. The number of ether oxygens (including phenoxy) is 1. The largest absolute Gasteiger partial charge is 0.508 e. The van der Waals surface area contributed by atoms with Crippen molar-refractivity contribution < 1.29 is 39.3 Å². The average Bonchev–Trinajstić information content (AvgIpc) is 3.07. The van der Waals surface area contributed by atoms with Gasteiger partial charge in [0, 0.05) is 19.4 Å². The molecule has 2 aromatic carbocycles. The molecule has 0 saturated carbocycles. The lowest BCUT2D eigenvalue weighted by atomic mass is 9.92. The molecule has 15 heteroatoms. The van der Waals surface area contributed by atoms with Gasteiger partial charge >= 0.3 is 5.97 Å². The molecule has 0 saturated heterocycles. The zero-order chi connectivity index (χ0) is 35.6. The van der Waals surface area contributed by atoms with Crippen LogP contribution in [0.5, 0.6) is 5.75 Å². The maximum atomic E-state index is 13.2. The SMILES string of the molecule is COC(=O)CCCCCNC(=O)[C@H](Cc1ccccc1)NC(=O)CNC(=O)[C@@H](CCSC)NC(=O)[C@H](N)Cc1c(C)cc(O)c(C)c1C.Cl.O. The van der Waals surface area contributed by atoms with Gasteiger partial charge in [-0.15, -0.1) is 12.4 Å². The number of carbonyl (C=O) groups is 5. The van der Waals surface area contributed by atoms with Gasteiger partial charge < -0.3 is 42.3 Å². The zero-order valence-corrected chi connectivity index (χ0v) is 31.2. The van der Waals surface area contributed by atoms with Crippen LogP contribution in [0.15, 0.2) is 36.4 Å². The van der Waals surface area contributed by atoms with Crippen molar-refractivity contribution in [3.8, 4) is 5.75 Å². The summed E-state index contributed by atoms with van der Waals surface area (Å²) in [6.45, 7) is 5.49. The van der Waals surface area contributed by atoms with Gasteiger partial charge in [0.2, 0.25) is 23.6 Å². The van der Waals surface area contributed by atoms with E-state index in [-0.39, 0.29) is 48.4 Å². The highest BCUT2D eigenvalue weighted by Gasteiger charge is 2.26. The standard InChI is InChI=1S/C35H51N5O7S.ClH.H2O/c1-22-18-30(41)24(3)23(2)26(22)20-27(36)33(44)40-28(15-17-48-5)34(45)38-21-31(42)39-29(19-25-12-8-6-9-13-25)35(46)37-16-11-7-10-14-32(43)47-4;;/h6,8-9,12-13,18,27-29,41H,7,10-11,14-17,19-21,36H2,1-5H3,(H,37,46)(H,38,45)(H,39,42)(H,40,44);1H;1H2/t27-,28-,29+;;/m1../s1. The predicted octanol–water partition coefficient (Wildman–Crippen LogP) is 1.72. The second-order valence-corrected chi connectivity index (χ2v) is 12.8. The van der Waals surface area contributed by atoms with Crippen LogP contribution in [0.25, 0.3) is 0 Å². The van der Waals surface area contributed by atoms with Crippen LogP contribution >= 0.6 is 24.2 Å². The Morgan fingerprint density at radius 1 is 0.880 bits per heavy atom. The number of hydrogen-bond donors (Lipinski definition) is 6. The number of phenols is 1. The lowest BCUT2D eigenvalue weighted by molar-refractivity contribution is -0.140. The van der Waals surface area contributed by atoms with Crippen LogP contribution in [-0.2, 0) is 41.6 Å². The van der Waals surface area contributed by atoms with E-state index in [1.807, 2.05) is 50.4 Å². The summed E-state index contributed by atoms with van der Waals surface area (Å²) in [5.74, 6) is -1.47. The highest BCUT2D eigenvalue weighted by Crippen LogP contribution is 2.27. The van der Waals surface area contributed by atoms with Crippen LogP contribution in [0.1, 0.15) is 59.9 Å². The van der Waals surface area contributed by atoms with E-state index in [1.54, 1.807) is 13.0 Å². The number of amides is 4. The lowest BCUT2D eigenvalue weighted by Gasteiger charge is -2.22. The van der Waals surface area contributed by atoms with Crippen LogP contribution in [0, 0.1) is 20.8 Å². The van der Waals surface area contributed by atoms with Crippen LogP contribution < -0.4 is 27.0 Å². The van der Waals surface area contributed by atoms with E-state index >= 15 is 0 Å². The normalized spacial score (nSPS) is 12.2. The van der Waals surface area contributed by atoms with Crippen molar-refractivity contribution in [2.45, 2.75) is 83.8 Å². The Morgan fingerprint density at radius 2 is 1.54 bits per heavy atom. The number of aromatic hydroxyl groups is 1. The van der Waals surface area contributed by atoms with Gasteiger partial charge in [0.15, 0.2) is 0 Å². The summed E-state index contributed by atoms with van der Waals surface area (Å²) < 4.78 is 4.64. The summed E-state index contributed by atoms with van der Waals surface area (Å²) >= 11 is 1.51. The predicted molar refractivity (Wildman–Crippen MR) is 198 cm³/mol. The maximum Gasteiger partial charge on any atom is 0.305 e. The molecule has 280 valence electrons. The molecular weight excluding hydrogens is 686 g/mol. The topological polar surface area (TPSA) is 220 Å². The van der Waals surface area contributed by atoms with E-state index in [1.165, 1.54) is 18.9 Å². The second kappa shape index (κ2) is 24.3. The van der Waals surface area contributed by atoms with E-state index in [4.69, 9.17) is 5.73 Å². The van der Waals surface area contributed by atoms with E-state index in [9.17, 15) is 29.1 Å². The molecule has 13 nitrogen and oxygen atoms in total. The molecule has 0 unspecified atom stereocenters. The number of rotatable bonds is 20. The molecule has 0 fully saturated rings. The third kappa shape index (κ3) is 15.8. The third-order valence-corrected chi connectivity index (χ3v) is 8.82. The Bertz CT molecular complexity index is 1400. The van der Waals surface area contributed by atoms with Gasteiger partial charge in [-0.2, -0.15) is 11.8 Å². The third-order valence-electron chi connectivity index (χ3n) is 8.18.